The predicted molar refractivity (Wildman–Crippen MR) is 118 cm³/mol. The zero-order valence-corrected chi connectivity index (χ0v) is 17.4. The van der Waals surface area contributed by atoms with E-state index in [0.29, 0.717) is 16.9 Å². The third-order valence-electron chi connectivity index (χ3n) is 5.18. The van der Waals surface area contributed by atoms with E-state index in [1.165, 1.54) is 25.1 Å². The lowest BCUT2D eigenvalue weighted by atomic mass is 10.0. The first kappa shape index (κ1) is 21.2. The van der Waals surface area contributed by atoms with E-state index in [9.17, 15) is 18.8 Å². The zero-order valence-electron chi connectivity index (χ0n) is 17.4. The van der Waals surface area contributed by atoms with Crippen molar-refractivity contribution < 1.29 is 23.1 Å². The number of para-hydroxylation sites is 1. The highest BCUT2D eigenvalue weighted by molar-refractivity contribution is 6.05. The average molecular weight is 430 g/mol. The Morgan fingerprint density at radius 3 is 2.31 bits per heavy atom. The first-order valence-electron chi connectivity index (χ1n) is 9.99. The van der Waals surface area contributed by atoms with E-state index in [1.54, 1.807) is 19.1 Å². The average Bonchev–Trinajstić information content (AvgIpc) is 2.81. The number of hydrogen-bond donors (Lipinski definition) is 0. The lowest BCUT2D eigenvalue weighted by molar-refractivity contribution is 0.0319. The maximum Gasteiger partial charge on any atom is 0.342 e. The minimum atomic E-state index is -1.12. The summed E-state index contributed by atoms with van der Waals surface area (Å²) in [5.41, 5.74) is 1.22. The number of esters is 1. The van der Waals surface area contributed by atoms with E-state index in [2.05, 4.69) is 0 Å². The summed E-state index contributed by atoms with van der Waals surface area (Å²) in [5.74, 6) is -1.38. The van der Waals surface area contributed by atoms with E-state index in [4.69, 9.17) is 9.15 Å². The lowest BCUT2D eigenvalue weighted by Crippen LogP contribution is -2.24. The molecule has 4 aromatic rings. The molecule has 0 saturated carbocycles. The van der Waals surface area contributed by atoms with Gasteiger partial charge in [0.1, 0.15) is 17.1 Å². The summed E-state index contributed by atoms with van der Waals surface area (Å²) in [6.07, 6.45) is -1.12. The summed E-state index contributed by atoms with van der Waals surface area (Å²) < 4.78 is 24.5. The highest BCUT2D eigenvalue weighted by atomic mass is 19.1. The standard InChI is InChI=1S/C26H19FO5/c1-15-22(28)20-9-6-10-21(25(20)32-24(15)18-7-4-3-5-8-18)26(30)31-16(2)23(29)17-11-13-19(27)14-12-17/h3-14,16H,1-2H3. The van der Waals surface area contributed by atoms with Crippen molar-refractivity contribution in [2.45, 2.75) is 20.0 Å². The Kier molecular flexibility index (Phi) is 5.69. The fourth-order valence-electron chi connectivity index (χ4n) is 3.46. The van der Waals surface area contributed by atoms with E-state index in [0.717, 1.165) is 12.1 Å². The maximum atomic E-state index is 13.1. The van der Waals surface area contributed by atoms with Gasteiger partial charge in [-0.2, -0.15) is 0 Å². The van der Waals surface area contributed by atoms with Crippen LogP contribution in [0, 0.1) is 12.7 Å². The number of hydrogen-bond acceptors (Lipinski definition) is 5. The predicted octanol–water partition coefficient (Wildman–Crippen LogP) is 5.34. The molecule has 1 aromatic heterocycles. The Morgan fingerprint density at radius 1 is 0.938 bits per heavy atom. The second-order valence-electron chi connectivity index (χ2n) is 7.35. The highest BCUT2D eigenvalue weighted by Crippen LogP contribution is 2.27. The molecule has 160 valence electrons. The summed E-state index contributed by atoms with van der Waals surface area (Å²) in [5, 5.41) is 0.245. The van der Waals surface area contributed by atoms with Crippen LogP contribution in [0.15, 0.2) is 82.0 Å². The SMILES string of the molecule is Cc1c(-c2ccccc2)oc2c(C(=O)OC(C)C(=O)c3ccc(F)cc3)cccc2c1=O. The molecule has 1 unspecified atom stereocenters. The normalized spacial score (nSPS) is 11.8. The van der Waals surface area contributed by atoms with Crippen LogP contribution in [0.25, 0.3) is 22.3 Å². The molecule has 5 nitrogen and oxygen atoms in total. The molecule has 0 aliphatic carbocycles. The van der Waals surface area contributed by atoms with Gasteiger partial charge in [-0.05, 0) is 50.2 Å². The van der Waals surface area contributed by atoms with Crippen molar-refractivity contribution in [1.82, 2.24) is 0 Å². The van der Waals surface area contributed by atoms with Crippen LogP contribution in [0.4, 0.5) is 4.39 Å². The Morgan fingerprint density at radius 2 is 1.62 bits per heavy atom. The molecule has 1 atom stereocenters. The largest absolute Gasteiger partial charge is 0.455 e. The minimum absolute atomic E-state index is 0.0375. The Balaban J connectivity index is 1.71. The molecule has 4 rings (SSSR count). The molecule has 0 radical (unpaired) electrons. The van der Waals surface area contributed by atoms with Crippen molar-refractivity contribution in [3.63, 3.8) is 0 Å². The van der Waals surface area contributed by atoms with Crippen molar-refractivity contribution in [2.24, 2.45) is 0 Å². The van der Waals surface area contributed by atoms with Crippen LogP contribution in [-0.4, -0.2) is 17.9 Å². The van der Waals surface area contributed by atoms with Gasteiger partial charge in [-0.1, -0.05) is 36.4 Å². The third-order valence-corrected chi connectivity index (χ3v) is 5.18. The molecule has 3 aromatic carbocycles. The molecule has 1 heterocycles. The molecule has 0 bridgehead atoms. The molecule has 0 saturated heterocycles. The van der Waals surface area contributed by atoms with Gasteiger partial charge in [0.15, 0.2) is 17.1 Å². The quantitative estimate of drug-likeness (QED) is 0.316. The summed E-state index contributed by atoms with van der Waals surface area (Å²) in [6.45, 7) is 3.10. The molecule has 0 spiro atoms. The number of carbonyl (C=O) groups excluding carboxylic acids is 2. The van der Waals surface area contributed by atoms with Crippen molar-refractivity contribution in [1.29, 1.82) is 0 Å². The summed E-state index contributed by atoms with van der Waals surface area (Å²) >= 11 is 0. The number of ether oxygens (including phenoxy) is 1. The van der Waals surface area contributed by atoms with E-state index < -0.39 is 23.7 Å². The van der Waals surface area contributed by atoms with Gasteiger partial charge in [-0.15, -0.1) is 0 Å². The van der Waals surface area contributed by atoms with Crippen molar-refractivity contribution in [3.05, 3.63) is 106 Å². The topological polar surface area (TPSA) is 73.6 Å². The molecular formula is C26H19FO5. The van der Waals surface area contributed by atoms with Crippen molar-refractivity contribution in [2.75, 3.05) is 0 Å². The second-order valence-corrected chi connectivity index (χ2v) is 7.35. The van der Waals surface area contributed by atoms with Gasteiger partial charge in [0.2, 0.25) is 5.78 Å². The highest BCUT2D eigenvalue weighted by Gasteiger charge is 2.24. The number of fused-ring (bicyclic) bond motifs is 1. The molecule has 32 heavy (non-hydrogen) atoms. The molecule has 0 amide bonds. The first-order valence-corrected chi connectivity index (χ1v) is 9.99. The van der Waals surface area contributed by atoms with Gasteiger partial charge in [-0.25, -0.2) is 9.18 Å². The van der Waals surface area contributed by atoms with Crippen LogP contribution >= 0.6 is 0 Å². The second kappa shape index (κ2) is 8.59. The van der Waals surface area contributed by atoms with Gasteiger partial charge < -0.3 is 9.15 Å². The molecular weight excluding hydrogens is 411 g/mol. The zero-order chi connectivity index (χ0) is 22.8. The van der Waals surface area contributed by atoms with E-state index >= 15 is 0 Å². The fourth-order valence-corrected chi connectivity index (χ4v) is 3.46. The molecule has 6 heteroatoms. The van der Waals surface area contributed by atoms with Crippen LogP contribution in [0.3, 0.4) is 0 Å². The lowest BCUT2D eigenvalue weighted by Gasteiger charge is -2.14. The number of carbonyl (C=O) groups is 2. The molecule has 0 aliphatic rings. The molecule has 0 fully saturated rings. The van der Waals surface area contributed by atoms with Gasteiger partial charge in [0.25, 0.3) is 0 Å². The summed E-state index contributed by atoms with van der Waals surface area (Å²) in [7, 11) is 0. The minimum Gasteiger partial charge on any atom is -0.455 e. The monoisotopic (exact) mass is 430 g/mol. The summed E-state index contributed by atoms with van der Waals surface area (Å²) in [4.78, 5) is 38.4. The van der Waals surface area contributed by atoms with Crippen LogP contribution in [-0.2, 0) is 4.74 Å². The number of halogens is 1. The Hall–Kier alpha value is -4.06. The van der Waals surface area contributed by atoms with Gasteiger partial charge in [0, 0.05) is 16.7 Å². The van der Waals surface area contributed by atoms with Gasteiger partial charge in [-0.3, -0.25) is 9.59 Å². The smallest absolute Gasteiger partial charge is 0.342 e. The number of rotatable bonds is 5. The fraction of sp³-hybridized carbons (Fsp3) is 0.115. The molecule has 0 N–H and O–H groups in total. The van der Waals surface area contributed by atoms with Gasteiger partial charge >= 0.3 is 5.97 Å². The Bertz CT molecular complexity index is 1370. The van der Waals surface area contributed by atoms with E-state index in [-0.39, 0.29) is 27.5 Å². The van der Waals surface area contributed by atoms with E-state index in [1.807, 2.05) is 30.3 Å². The number of Topliss-reactive ketones (excluding diaryl/α,β-unsaturated/α-hetero) is 1. The van der Waals surface area contributed by atoms with Crippen molar-refractivity contribution >= 4 is 22.7 Å². The third kappa shape index (κ3) is 3.95. The van der Waals surface area contributed by atoms with Crippen molar-refractivity contribution in [3.8, 4) is 11.3 Å². The number of ketones is 1. The number of benzene rings is 3. The van der Waals surface area contributed by atoms with Crippen LogP contribution in [0.5, 0.6) is 0 Å². The maximum absolute atomic E-state index is 13.1. The summed E-state index contributed by atoms with van der Waals surface area (Å²) in [6, 6.07) is 18.7. The Labute approximate surface area is 183 Å². The van der Waals surface area contributed by atoms with Crippen LogP contribution in [0.1, 0.15) is 33.2 Å². The van der Waals surface area contributed by atoms with Crippen LogP contribution < -0.4 is 5.43 Å². The van der Waals surface area contributed by atoms with Crippen LogP contribution in [0.2, 0.25) is 0 Å². The first-order chi connectivity index (χ1) is 15.4. The molecule has 0 aliphatic heterocycles. The van der Waals surface area contributed by atoms with Gasteiger partial charge in [0.05, 0.1) is 5.39 Å².